The van der Waals surface area contributed by atoms with Crippen molar-refractivity contribution < 1.29 is 9.59 Å². The Hall–Kier alpha value is -3.06. The zero-order valence-electron chi connectivity index (χ0n) is 16.5. The first-order valence-corrected chi connectivity index (χ1v) is 10.3. The third kappa shape index (κ3) is 3.78. The van der Waals surface area contributed by atoms with Crippen molar-refractivity contribution in [3.8, 4) is 5.69 Å². The molecule has 2 heterocycles. The summed E-state index contributed by atoms with van der Waals surface area (Å²) in [6, 6.07) is 15.3. The van der Waals surface area contributed by atoms with E-state index in [2.05, 4.69) is 15.7 Å². The van der Waals surface area contributed by atoms with Gasteiger partial charge in [-0.3, -0.25) is 9.59 Å². The van der Waals surface area contributed by atoms with Gasteiger partial charge in [-0.05, 0) is 51.1 Å². The number of thioether (sulfide) groups is 1. The van der Waals surface area contributed by atoms with E-state index in [1.807, 2.05) is 61.9 Å². The average molecular weight is 407 g/mol. The largest absolute Gasteiger partial charge is 0.348 e. The summed E-state index contributed by atoms with van der Waals surface area (Å²) in [7, 11) is 0. The Morgan fingerprint density at radius 3 is 2.72 bits per heavy atom. The molecule has 0 radical (unpaired) electrons. The third-order valence-corrected chi connectivity index (χ3v) is 6.22. The molecule has 4 rings (SSSR count). The van der Waals surface area contributed by atoms with E-state index in [1.54, 1.807) is 12.1 Å². The highest BCUT2D eigenvalue weighted by molar-refractivity contribution is 8.00. The molecular formula is C22H22N4O2S. The van der Waals surface area contributed by atoms with E-state index in [1.165, 1.54) is 11.8 Å². The number of nitrogens with one attached hydrogen (secondary N) is 2. The molecule has 1 aromatic heterocycles. The van der Waals surface area contributed by atoms with Gasteiger partial charge in [-0.2, -0.15) is 5.10 Å². The minimum absolute atomic E-state index is 0.0420. The quantitative estimate of drug-likeness (QED) is 0.690. The molecule has 1 atom stereocenters. The highest BCUT2D eigenvalue weighted by Crippen LogP contribution is 2.35. The lowest BCUT2D eigenvalue weighted by Gasteiger charge is -2.21. The van der Waals surface area contributed by atoms with Gasteiger partial charge in [0.05, 0.1) is 22.3 Å². The molecule has 1 unspecified atom stereocenters. The van der Waals surface area contributed by atoms with E-state index in [0.717, 1.165) is 27.5 Å². The number of para-hydroxylation sites is 1. The zero-order chi connectivity index (χ0) is 20.5. The summed E-state index contributed by atoms with van der Waals surface area (Å²) in [5.41, 5.74) is 5.08. The van der Waals surface area contributed by atoms with Crippen molar-refractivity contribution in [3.05, 3.63) is 71.0 Å². The topological polar surface area (TPSA) is 76.0 Å². The van der Waals surface area contributed by atoms with Crippen LogP contribution in [0, 0.1) is 13.8 Å². The molecule has 29 heavy (non-hydrogen) atoms. The van der Waals surface area contributed by atoms with Crippen molar-refractivity contribution in [1.82, 2.24) is 15.1 Å². The number of aryl methyl sites for hydroxylation is 1. The molecule has 1 aliphatic rings. The Morgan fingerprint density at radius 1 is 1.21 bits per heavy atom. The second kappa shape index (κ2) is 7.75. The molecule has 0 fully saturated rings. The Labute approximate surface area is 173 Å². The van der Waals surface area contributed by atoms with Gasteiger partial charge >= 0.3 is 0 Å². The first kappa shape index (κ1) is 19.3. The third-order valence-electron chi connectivity index (χ3n) is 5.04. The molecular weight excluding hydrogens is 384 g/mol. The lowest BCUT2D eigenvalue weighted by atomic mass is 10.1. The summed E-state index contributed by atoms with van der Waals surface area (Å²) in [4.78, 5) is 25.6. The molecule has 7 heteroatoms. The number of fused-ring (bicyclic) bond motifs is 1. The Bertz CT molecular complexity index is 1090. The predicted octanol–water partition coefficient (Wildman–Crippen LogP) is 3.85. The molecule has 0 saturated heterocycles. The van der Waals surface area contributed by atoms with Crippen molar-refractivity contribution in [1.29, 1.82) is 0 Å². The summed E-state index contributed by atoms with van der Waals surface area (Å²) in [6.07, 6.45) is 0. The lowest BCUT2D eigenvalue weighted by Crippen LogP contribution is -2.27. The van der Waals surface area contributed by atoms with Gasteiger partial charge in [-0.15, -0.1) is 11.8 Å². The number of hydrogen-bond acceptors (Lipinski definition) is 4. The fourth-order valence-electron chi connectivity index (χ4n) is 3.37. The number of amides is 2. The number of rotatable bonds is 4. The molecule has 0 saturated carbocycles. The van der Waals surface area contributed by atoms with Gasteiger partial charge in [0.2, 0.25) is 5.91 Å². The maximum absolute atomic E-state index is 12.7. The fraction of sp³-hybridized carbons (Fsp3) is 0.227. The van der Waals surface area contributed by atoms with Crippen LogP contribution in [0.3, 0.4) is 0 Å². The molecule has 0 bridgehead atoms. The standard InChI is InChI=1S/C22H22N4O2S/c1-13-18(14(2)26(25-13)17-7-5-4-6-8-17)12-23-22(28)16-9-10-20-19(11-16)24-21(27)15(3)29-20/h4-11,15H,12H2,1-3H3,(H,23,28)(H,24,27). The van der Waals surface area contributed by atoms with Gasteiger partial charge in [-0.25, -0.2) is 4.68 Å². The molecule has 148 valence electrons. The van der Waals surface area contributed by atoms with Gasteiger partial charge in [0.25, 0.3) is 5.91 Å². The smallest absolute Gasteiger partial charge is 0.251 e. The van der Waals surface area contributed by atoms with E-state index < -0.39 is 0 Å². The number of nitrogens with zero attached hydrogens (tertiary/aromatic N) is 2. The molecule has 2 amide bonds. The molecule has 6 nitrogen and oxygen atoms in total. The van der Waals surface area contributed by atoms with E-state index in [9.17, 15) is 9.59 Å². The SMILES string of the molecule is Cc1nn(-c2ccccc2)c(C)c1CNC(=O)c1ccc2c(c1)NC(=O)C(C)S2. The lowest BCUT2D eigenvalue weighted by molar-refractivity contribution is -0.115. The summed E-state index contributed by atoms with van der Waals surface area (Å²) in [5, 5.41) is 10.3. The predicted molar refractivity (Wildman–Crippen MR) is 115 cm³/mol. The fourth-order valence-corrected chi connectivity index (χ4v) is 4.30. The van der Waals surface area contributed by atoms with Crippen LogP contribution in [-0.4, -0.2) is 26.8 Å². The van der Waals surface area contributed by atoms with Gasteiger partial charge in [-0.1, -0.05) is 18.2 Å². The molecule has 1 aliphatic heterocycles. The minimum Gasteiger partial charge on any atom is -0.348 e. The molecule has 2 N–H and O–H groups in total. The van der Waals surface area contributed by atoms with Crippen LogP contribution in [0.1, 0.15) is 34.2 Å². The van der Waals surface area contributed by atoms with Crippen molar-refractivity contribution in [2.24, 2.45) is 0 Å². The van der Waals surface area contributed by atoms with E-state index in [4.69, 9.17) is 0 Å². The van der Waals surface area contributed by atoms with Crippen molar-refractivity contribution in [2.45, 2.75) is 37.5 Å². The summed E-state index contributed by atoms with van der Waals surface area (Å²) >= 11 is 1.50. The normalized spacial score (nSPS) is 15.6. The number of benzene rings is 2. The average Bonchev–Trinajstić information content (AvgIpc) is 3.01. The second-order valence-electron chi connectivity index (χ2n) is 7.04. The van der Waals surface area contributed by atoms with Gasteiger partial charge in [0.1, 0.15) is 0 Å². The summed E-state index contributed by atoms with van der Waals surface area (Å²) < 4.78 is 1.89. The van der Waals surface area contributed by atoms with Gasteiger partial charge in [0.15, 0.2) is 0 Å². The van der Waals surface area contributed by atoms with Crippen LogP contribution in [0.4, 0.5) is 5.69 Å². The molecule has 0 spiro atoms. The number of anilines is 1. The number of carbonyl (C=O) groups excluding carboxylic acids is 2. The summed E-state index contributed by atoms with van der Waals surface area (Å²) in [5.74, 6) is -0.225. The van der Waals surface area contributed by atoms with Crippen LogP contribution >= 0.6 is 11.8 Å². The Morgan fingerprint density at radius 2 is 1.97 bits per heavy atom. The van der Waals surface area contributed by atoms with Crippen molar-refractivity contribution >= 4 is 29.3 Å². The maximum atomic E-state index is 12.7. The molecule has 2 aromatic carbocycles. The van der Waals surface area contributed by atoms with E-state index in [0.29, 0.717) is 17.8 Å². The number of carbonyl (C=O) groups is 2. The maximum Gasteiger partial charge on any atom is 0.251 e. The first-order valence-electron chi connectivity index (χ1n) is 9.44. The van der Waals surface area contributed by atoms with Crippen LogP contribution < -0.4 is 10.6 Å². The number of hydrogen-bond donors (Lipinski definition) is 2. The number of aromatic nitrogens is 2. The van der Waals surface area contributed by atoms with Crippen molar-refractivity contribution in [2.75, 3.05) is 5.32 Å². The Kier molecular flexibility index (Phi) is 5.15. The second-order valence-corrected chi connectivity index (χ2v) is 8.42. The van der Waals surface area contributed by atoms with Crippen LogP contribution in [-0.2, 0) is 11.3 Å². The van der Waals surface area contributed by atoms with Gasteiger partial charge in [0, 0.05) is 28.3 Å². The van der Waals surface area contributed by atoms with E-state index in [-0.39, 0.29) is 17.1 Å². The van der Waals surface area contributed by atoms with Crippen LogP contribution in [0.5, 0.6) is 0 Å². The van der Waals surface area contributed by atoms with Crippen LogP contribution in [0.25, 0.3) is 5.69 Å². The summed E-state index contributed by atoms with van der Waals surface area (Å²) in [6.45, 7) is 6.20. The monoisotopic (exact) mass is 406 g/mol. The highest BCUT2D eigenvalue weighted by atomic mass is 32.2. The zero-order valence-corrected chi connectivity index (χ0v) is 17.3. The van der Waals surface area contributed by atoms with Crippen LogP contribution in [0.2, 0.25) is 0 Å². The Balaban J connectivity index is 1.50. The first-order chi connectivity index (χ1) is 13.9. The highest BCUT2D eigenvalue weighted by Gasteiger charge is 2.24. The molecule has 3 aromatic rings. The molecule has 0 aliphatic carbocycles. The van der Waals surface area contributed by atoms with Gasteiger partial charge < -0.3 is 10.6 Å². The van der Waals surface area contributed by atoms with E-state index >= 15 is 0 Å². The van der Waals surface area contributed by atoms with Crippen molar-refractivity contribution in [3.63, 3.8) is 0 Å². The van der Waals surface area contributed by atoms with Crippen LogP contribution in [0.15, 0.2) is 53.4 Å². The minimum atomic E-state index is -0.183.